The van der Waals surface area contributed by atoms with Gasteiger partial charge in [-0.25, -0.2) is 5.48 Å². The number of hydrogen-bond donors (Lipinski definition) is 1. The second kappa shape index (κ2) is 11.7. The van der Waals surface area contributed by atoms with Crippen LogP contribution in [0.3, 0.4) is 0 Å². The number of carbonyl (C=O) groups excluding carboxylic acids is 2. The number of aryl methyl sites for hydroxylation is 1. The summed E-state index contributed by atoms with van der Waals surface area (Å²) in [6.45, 7) is 3.15. The fraction of sp³-hybridized carbons (Fsp3) is 0.282. The molecule has 4 atom stereocenters. The normalized spacial score (nSPS) is 24.7. The molecule has 3 aliphatic carbocycles. The van der Waals surface area contributed by atoms with E-state index in [4.69, 9.17) is 9.57 Å². The SMILES string of the molecule is COc1ccccc1/C=C/C(=O)N1C[C@H]2[C@]3(c4ccc(C)cc4)CC[C@@H](c4ccccc43)[C@@]2(C(=O)NOCc2ccccc2)C1. The van der Waals surface area contributed by atoms with E-state index >= 15 is 0 Å². The highest BCUT2D eigenvalue weighted by molar-refractivity contribution is 5.94. The summed E-state index contributed by atoms with van der Waals surface area (Å²) in [5.41, 5.74) is 8.28. The summed E-state index contributed by atoms with van der Waals surface area (Å²) in [6.07, 6.45) is 5.19. The number of hydroxylamine groups is 1. The van der Waals surface area contributed by atoms with Gasteiger partial charge in [0.2, 0.25) is 5.91 Å². The predicted octanol–water partition coefficient (Wildman–Crippen LogP) is 6.59. The van der Waals surface area contributed by atoms with Gasteiger partial charge >= 0.3 is 0 Å². The van der Waals surface area contributed by atoms with E-state index in [2.05, 4.69) is 60.9 Å². The Labute approximate surface area is 264 Å². The van der Waals surface area contributed by atoms with E-state index in [1.54, 1.807) is 19.3 Å². The lowest BCUT2D eigenvalue weighted by molar-refractivity contribution is -0.153. The lowest BCUT2D eigenvalue weighted by Crippen LogP contribution is -2.62. The van der Waals surface area contributed by atoms with Crippen molar-refractivity contribution >= 4 is 17.9 Å². The maximum Gasteiger partial charge on any atom is 0.252 e. The molecule has 1 aliphatic heterocycles. The first-order chi connectivity index (χ1) is 22.0. The Kier molecular flexibility index (Phi) is 7.54. The summed E-state index contributed by atoms with van der Waals surface area (Å²) in [7, 11) is 1.62. The molecule has 2 bridgehead atoms. The molecule has 0 aromatic heterocycles. The molecule has 0 spiro atoms. The summed E-state index contributed by atoms with van der Waals surface area (Å²) >= 11 is 0. The molecule has 1 N–H and O–H groups in total. The standard InChI is InChI=1S/C39H38N2O4/c1-27-16-19-30(20-17-27)38-23-22-33(31-13-7-8-14-32(31)38)39(37(43)40-45-25-28-10-4-3-5-11-28)26-41(24-35(38)39)36(42)21-18-29-12-6-9-15-34(29)44-2/h3-21,33,35H,22-26H2,1-2H3,(H,40,43)/b21-18+/t33-,35-,38-,39-/m0/s1. The smallest absolute Gasteiger partial charge is 0.252 e. The van der Waals surface area contributed by atoms with Gasteiger partial charge < -0.3 is 9.64 Å². The third kappa shape index (κ3) is 4.75. The largest absolute Gasteiger partial charge is 0.496 e. The highest BCUT2D eigenvalue weighted by atomic mass is 16.6. The van der Waals surface area contributed by atoms with E-state index in [1.807, 2.05) is 59.5 Å². The Bertz CT molecular complexity index is 1750. The minimum atomic E-state index is -0.859. The quantitative estimate of drug-likeness (QED) is 0.184. The molecule has 6 nitrogen and oxygen atoms in total. The molecular formula is C39H38N2O4. The molecule has 1 saturated heterocycles. The van der Waals surface area contributed by atoms with Crippen molar-refractivity contribution in [3.05, 3.63) is 143 Å². The van der Waals surface area contributed by atoms with Crippen LogP contribution >= 0.6 is 0 Å². The van der Waals surface area contributed by atoms with Crippen LogP contribution in [0.1, 0.15) is 52.1 Å². The van der Waals surface area contributed by atoms with Gasteiger partial charge in [-0.05, 0) is 54.2 Å². The molecule has 228 valence electrons. The first-order valence-corrected chi connectivity index (χ1v) is 15.7. The summed E-state index contributed by atoms with van der Waals surface area (Å²) in [6, 6.07) is 34.8. The molecule has 1 saturated carbocycles. The van der Waals surface area contributed by atoms with Gasteiger partial charge in [0.05, 0.1) is 19.1 Å². The number of rotatable bonds is 8. The predicted molar refractivity (Wildman–Crippen MR) is 174 cm³/mol. The fourth-order valence-electron chi connectivity index (χ4n) is 8.42. The number of hydrogen-bond acceptors (Lipinski definition) is 4. The van der Waals surface area contributed by atoms with Crippen molar-refractivity contribution < 1.29 is 19.2 Å². The van der Waals surface area contributed by atoms with Crippen LogP contribution in [0.5, 0.6) is 5.75 Å². The Morgan fingerprint density at radius 1 is 0.933 bits per heavy atom. The summed E-state index contributed by atoms with van der Waals surface area (Å²) < 4.78 is 5.50. The van der Waals surface area contributed by atoms with E-state index in [-0.39, 0.29) is 30.3 Å². The van der Waals surface area contributed by atoms with E-state index in [0.29, 0.717) is 18.8 Å². The molecule has 0 radical (unpaired) electrons. The Hall–Kier alpha value is -4.68. The van der Waals surface area contributed by atoms with E-state index in [0.717, 1.165) is 24.0 Å². The number of nitrogens with zero attached hydrogens (tertiary/aromatic N) is 1. The van der Waals surface area contributed by atoms with Crippen LogP contribution in [0.2, 0.25) is 0 Å². The van der Waals surface area contributed by atoms with Crippen LogP contribution in [0.25, 0.3) is 6.08 Å². The fourth-order valence-corrected chi connectivity index (χ4v) is 8.42. The third-order valence-corrected chi connectivity index (χ3v) is 10.4. The molecule has 4 aromatic rings. The first kappa shape index (κ1) is 29.1. The zero-order valence-corrected chi connectivity index (χ0v) is 25.7. The zero-order chi connectivity index (χ0) is 31.0. The van der Waals surface area contributed by atoms with Crippen molar-refractivity contribution in [3.63, 3.8) is 0 Å². The monoisotopic (exact) mass is 598 g/mol. The lowest BCUT2D eigenvalue weighted by Gasteiger charge is -2.60. The molecule has 2 amide bonds. The number of ether oxygens (including phenoxy) is 1. The van der Waals surface area contributed by atoms with Crippen LogP contribution in [0, 0.1) is 18.3 Å². The van der Waals surface area contributed by atoms with E-state index < -0.39 is 10.8 Å². The highest BCUT2D eigenvalue weighted by Crippen LogP contribution is 2.69. The average molecular weight is 599 g/mol. The van der Waals surface area contributed by atoms with E-state index in [9.17, 15) is 9.59 Å². The van der Waals surface area contributed by atoms with Gasteiger partial charge in [-0.15, -0.1) is 0 Å². The summed E-state index contributed by atoms with van der Waals surface area (Å²) in [5, 5.41) is 0. The Balaban J connectivity index is 1.29. The maximum absolute atomic E-state index is 14.6. The first-order valence-electron chi connectivity index (χ1n) is 15.7. The van der Waals surface area contributed by atoms with Crippen LogP contribution in [0.4, 0.5) is 0 Å². The molecule has 1 heterocycles. The molecule has 0 unspecified atom stereocenters. The van der Waals surface area contributed by atoms with Gasteiger partial charge in [-0.3, -0.25) is 14.4 Å². The van der Waals surface area contributed by atoms with Gasteiger partial charge in [0.1, 0.15) is 5.75 Å². The lowest BCUT2D eigenvalue weighted by atomic mass is 9.42. The molecule has 4 aromatic carbocycles. The average Bonchev–Trinajstić information content (AvgIpc) is 3.52. The molecule has 6 heteroatoms. The number of carbonyl (C=O) groups is 2. The van der Waals surface area contributed by atoms with Gasteiger partial charge in [0.15, 0.2) is 0 Å². The number of para-hydroxylation sites is 1. The Morgan fingerprint density at radius 3 is 2.47 bits per heavy atom. The van der Waals surface area contributed by atoms with Crippen molar-refractivity contribution in [2.45, 2.75) is 37.7 Å². The van der Waals surface area contributed by atoms with Crippen LogP contribution in [-0.4, -0.2) is 36.9 Å². The second-order valence-corrected chi connectivity index (χ2v) is 12.6. The van der Waals surface area contributed by atoms with Gasteiger partial charge in [-0.2, -0.15) is 0 Å². The molecule has 2 fully saturated rings. The van der Waals surface area contributed by atoms with Crippen molar-refractivity contribution in [2.75, 3.05) is 20.2 Å². The van der Waals surface area contributed by atoms with Crippen LogP contribution < -0.4 is 10.2 Å². The van der Waals surface area contributed by atoms with Crippen molar-refractivity contribution in [3.8, 4) is 5.75 Å². The van der Waals surface area contributed by atoms with Gasteiger partial charge in [0.25, 0.3) is 5.91 Å². The number of benzene rings is 4. The topological polar surface area (TPSA) is 67.9 Å². The summed E-state index contributed by atoms with van der Waals surface area (Å²) in [5.74, 6) is 0.265. The molecule has 45 heavy (non-hydrogen) atoms. The highest BCUT2D eigenvalue weighted by Gasteiger charge is 2.70. The molecule has 4 aliphatic rings. The number of nitrogens with one attached hydrogen (secondary N) is 1. The molecule has 8 rings (SSSR count). The maximum atomic E-state index is 14.6. The van der Waals surface area contributed by atoms with Gasteiger partial charge in [-0.1, -0.05) is 103 Å². The number of likely N-dealkylation sites (tertiary alicyclic amines) is 1. The summed E-state index contributed by atoms with van der Waals surface area (Å²) in [4.78, 5) is 36.4. The van der Waals surface area contributed by atoms with Crippen LogP contribution in [0.15, 0.2) is 109 Å². The van der Waals surface area contributed by atoms with Crippen molar-refractivity contribution in [2.24, 2.45) is 11.3 Å². The number of fused-ring (bicyclic) bond motifs is 1. The van der Waals surface area contributed by atoms with Crippen molar-refractivity contribution in [1.82, 2.24) is 10.4 Å². The van der Waals surface area contributed by atoms with Gasteiger partial charge in [0, 0.05) is 42.0 Å². The number of amides is 2. The minimum absolute atomic E-state index is 0.0395. The second-order valence-electron chi connectivity index (χ2n) is 12.6. The zero-order valence-electron chi connectivity index (χ0n) is 25.7. The molecular weight excluding hydrogens is 560 g/mol. The van der Waals surface area contributed by atoms with E-state index in [1.165, 1.54) is 22.3 Å². The van der Waals surface area contributed by atoms with Crippen molar-refractivity contribution in [1.29, 1.82) is 0 Å². The van der Waals surface area contributed by atoms with Crippen LogP contribution in [-0.2, 0) is 26.4 Å². The Morgan fingerprint density at radius 2 is 1.67 bits per heavy atom. The minimum Gasteiger partial charge on any atom is -0.496 e. The number of methoxy groups -OCH3 is 1. The third-order valence-electron chi connectivity index (χ3n) is 10.4.